The average Bonchev–Trinajstić information content (AvgIpc) is 2.74. The summed E-state index contributed by atoms with van der Waals surface area (Å²) < 4.78 is 5.24. The number of aryl methyl sites for hydroxylation is 1. The molecule has 0 radical (unpaired) electrons. The monoisotopic (exact) mass is 474 g/mol. The van der Waals surface area contributed by atoms with E-state index in [0.717, 1.165) is 38.5 Å². The van der Waals surface area contributed by atoms with Crippen molar-refractivity contribution in [1.82, 2.24) is 9.88 Å². The van der Waals surface area contributed by atoms with Gasteiger partial charge in [0, 0.05) is 12.6 Å². The van der Waals surface area contributed by atoms with Crippen LogP contribution in [0.25, 0.3) is 0 Å². The van der Waals surface area contributed by atoms with Crippen LogP contribution in [0.5, 0.6) is 0 Å². The summed E-state index contributed by atoms with van der Waals surface area (Å²) in [7, 11) is 0. The molecule has 1 aliphatic carbocycles. The highest BCUT2D eigenvalue weighted by Crippen LogP contribution is 2.35. The van der Waals surface area contributed by atoms with Crippen LogP contribution in [0, 0.1) is 18.8 Å². The highest BCUT2D eigenvalue weighted by molar-refractivity contribution is 6.39. The van der Waals surface area contributed by atoms with Crippen molar-refractivity contribution in [3.8, 4) is 0 Å². The molecule has 3 amide bonds. The fourth-order valence-corrected chi connectivity index (χ4v) is 4.87. The van der Waals surface area contributed by atoms with Crippen LogP contribution in [-0.4, -0.2) is 57.2 Å². The molecule has 9 heteroatoms. The minimum atomic E-state index is -0.691. The van der Waals surface area contributed by atoms with E-state index in [4.69, 9.17) is 4.74 Å². The van der Waals surface area contributed by atoms with Crippen molar-refractivity contribution in [2.75, 3.05) is 17.2 Å². The third-order valence-corrected chi connectivity index (χ3v) is 6.56. The quantitative estimate of drug-likeness (QED) is 0.572. The highest BCUT2D eigenvalue weighted by Gasteiger charge is 2.38. The number of nitrogens with zero attached hydrogens (tertiary/aromatic N) is 2. The SMILES string of the molecule is Cc1cc(NC(=O)C(=O)N2CC(C)CCC2C2CCC(O)CC2)cnc1NC(=O)OC(C)(C)C. The minimum Gasteiger partial charge on any atom is -0.444 e. The number of nitrogens with one attached hydrogen (secondary N) is 2. The predicted molar refractivity (Wildman–Crippen MR) is 129 cm³/mol. The van der Waals surface area contributed by atoms with Crippen molar-refractivity contribution in [1.29, 1.82) is 0 Å². The van der Waals surface area contributed by atoms with Crippen molar-refractivity contribution in [2.45, 2.75) is 90.9 Å². The molecule has 188 valence electrons. The Morgan fingerprint density at radius 2 is 1.76 bits per heavy atom. The number of amides is 3. The van der Waals surface area contributed by atoms with E-state index in [1.807, 2.05) is 0 Å². The number of anilines is 2. The maximum absolute atomic E-state index is 13.2. The number of pyridine rings is 1. The first-order chi connectivity index (χ1) is 15.9. The van der Waals surface area contributed by atoms with Gasteiger partial charge in [-0.15, -0.1) is 0 Å². The Hall–Kier alpha value is -2.68. The zero-order chi connectivity index (χ0) is 25.0. The van der Waals surface area contributed by atoms with Crippen molar-refractivity contribution in [3.05, 3.63) is 17.8 Å². The third-order valence-electron chi connectivity index (χ3n) is 6.56. The Kier molecular flexibility index (Phi) is 8.17. The van der Waals surface area contributed by atoms with Gasteiger partial charge in [-0.1, -0.05) is 6.92 Å². The highest BCUT2D eigenvalue weighted by atomic mass is 16.6. The zero-order valence-corrected chi connectivity index (χ0v) is 20.9. The van der Waals surface area contributed by atoms with Crippen molar-refractivity contribution in [3.63, 3.8) is 0 Å². The fraction of sp³-hybridized carbons (Fsp3) is 0.680. The van der Waals surface area contributed by atoms with Gasteiger partial charge >= 0.3 is 17.9 Å². The largest absolute Gasteiger partial charge is 0.444 e. The van der Waals surface area contributed by atoms with Crippen LogP contribution in [0.2, 0.25) is 0 Å². The van der Waals surface area contributed by atoms with Gasteiger partial charge in [0.2, 0.25) is 0 Å². The van der Waals surface area contributed by atoms with E-state index in [0.29, 0.717) is 35.4 Å². The Balaban J connectivity index is 1.64. The van der Waals surface area contributed by atoms with Gasteiger partial charge in [-0.25, -0.2) is 9.78 Å². The first kappa shape index (κ1) is 25.9. The van der Waals surface area contributed by atoms with E-state index in [9.17, 15) is 19.5 Å². The summed E-state index contributed by atoms with van der Waals surface area (Å²) in [5.74, 6) is -0.248. The molecule has 1 aromatic rings. The lowest BCUT2D eigenvalue weighted by Crippen LogP contribution is -2.53. The molecule has 2 aliphatic rings. The van der Waals surface area contributed by atoms with Gasteiger partial charge in [-0.3, -0.25) is 14.9 Å². The van der Waals surface area contributed by atoms with Crippen LogP contribution in [0.4, 0.5) is 16.3 Å². The molecule has 2 heterocycles. The van der Waals surface area contributed by atoms with Gasteiger partial charge in [-0.05, 0) is 89.7 Å². The molecule has 0 spiro atoms. The summed E-state index contributed by atoms with van der Waals surface area (Å²) in [6.07, 6.45) is 5.70. The number of likely N-dealkylation sites (tertiary alicyclic amines) is 1. The number of piperidine rings is 1. The molecule has 2 atom stereocenters. The molecule has 2 unspecified atom stereocenters. The van der Waals surface area contributed by atoms with Gasteiger partial charge < -0.3 is 20.1 Å². The van der Waals surface area contributed by atoms with Gasteiger partial charge in [0.1, 0.15) is 11.4 Å². The first-order valence-electron chi connectivity index (χ1n) is 12.2. The molecular formula is C25H38N4O5. The van der Waals surface area contributed by atoms with E-state index < -0.39 is 23.5 Å². The lowest BCUT2D eigenvalue weighted by atomic mass is 9.77. The zero-order valence-electron chi connectivity index (χ0n) is 20.9. The molecule has 2 fully saturated rings. The van der Waals surface area contributed by atoms with Crippen LogP contribution < -0.4 is 10.6 Å². The second-order valence-electron chi connectivity index (χ2n) is 10.7. The summed E-state index contributed by atoms with van der Waals surface area (Å²) in [6, 6.07) is 1.69. The maximum Gasteiger partial charge on any atom is 0.413 e. The summed E-state index contributed by atoms with van der Waals surface area (Å²) in [5.41, 5.74) is 0.377. The van der Waals surface area contributed by atoms with Crippen LogP contribution >= 0.6 is 0 Å². The number of carbonyl (C=O) groups is 3. The number of carbonyl (C=O) groups excluding carboxylic acids is 3. The van der Waals surface area contributed by atoms with Crippen LogP contribution in [0.15, 0.2) is 12.3 Å². The number of aliphatic hydroxyl groups excluding tert-OH is 1. The second-order valence-corrected chi connectivity index (χ2v) is 10.7. The molecule has 0 aromatic carbocycles. The molecule has 1 aliphatic heterocycles. The predicted octanol–water partition coefficient (Wildman–Crippen LogP) is 3.85. The Bertz CT molecular complexity index is 905. The first-order valence-corrected chi connectivity index (χ1v) is 12.2. The second kappa shape index (κ2) is 10.7. The van der Waals surface area contributed by atoms with Gasteiger partial charge in [0.25, 0.3) is 0 Å². The number of aromatic nitrogens is 1. The van der Waals surface area contributed by atoms with Crippen molar-refractivity contribution >= 4 is 29.4 Å². The molecule has 34 heavy (non-hydrogen) atoms. The number of hydrogen-bond donors (Lipinski definition) is 3. The summed E-state index contributed by atoms with van der Waals surface area (Å²) in [6.45, 7) is 9.72. The van der Waals surface area contributed by atoms with E-state index >= 15 is 0 Å². The average molecular weight is 475 g/mol. The van der Waals surface area contributed by atoms with Crippen LogP contribution in [0.1, 0.15) is 71.8 Å². The van der Waals surface area contributed by atoms with E-state index in [1.165, 1.54) is 6.20 Å². The molecule has 3 N–H and O–H groups in total. The number of hydrogen-bond acceptors (Lipinski definition) is 6. The smallest absolute Gasteiger partial charge is 0.413 e. The van der Waals surface area contributed by atoms with Gasteiger partial charge in [0.15, 0.2) is 0 Å². The number of aliphatic hydroxyl groups is 1. The third kappa shape index (κ3) is 6.91. The summed E-state index contributed by atoms with van der Waals surface area (Å²) >= 11 is 0. The Labute approximate surface area is 201 Å². The Morgan fingerprint density at radius 1 is 1.09 bits per heavy atom. The van der Waals surface area contributed by atoms with Crippen molar-refractivity contribution in [2.24, 2.45) is 11.8 Å². The fourth-order valence-electron chi connectivity index (χ4n) is 4.87. The standard InChI is InChI=1S/C25H38N4O5/c1-15-6-11-20(17-7-9-19(30)10-8-17)29(14-15)23(32)22(31)27-18-12-16(2)21(26-13-18)28-24(33)34-25(3,4)5/h12-13,15,17,19-20,30H,6-11,14H2,1-5H3,(H,27,31)(H,26,28,33). The summed E-state index contributed by atoms with van der Waals surface area (Å²) in [5, 5.41) is 15.1. The lowest BCUT2D eigenvalue weighted by Gasteiger charge is -2.44. The van der Waals surface area contributed by atoms with E-state index in [1.54, 1.807) is 38.7 Å². The maximum atomic E-state index is 13.2. The molecular weight excluding hydrogens is 436 g/mol. The van der Waals surface area contributed by atoms with E-state index in [-0.39, 0.29) is 12.1 Å². The van der Waals surface area contributed by atoms with Crippen LogP contribution in [0.3, 0.4) is 0 Å². The molecule has 9 nitrogen and oxygen atoms in total. The molecule has 0 bridgehead atoms. The molecule has 1 aromatic heterocycles. The van der Waals surface area contributed by atoms with Crippen LogP contribution in [-0.2, 0) is 14.3 Å². The number of ether oxygens (including phenoxy) is 1. The molecule has 3 rings (SSSR count). The number of rotatable bonds is 3. The normalized spacial score (nSPS) is 25.4. The van der Waals surface area contributed by atoms with Crippen molar-refractivity contribution < 1.29 is 24.2 Å². The van der Waals surface area contributed by atoms with Gasteiger partial charge in [-0.2, -0.15) is 0 Å². The Morgan fingerprint density at radius 3 is 2.38 bits per heavy atom. The van der Waals surface area contributed by atoms with Gasteiger partial charge in [0.05, 0.1) is 18.0 Å². The van der Waals surface area contributed by atoms with E-state index in [2.05, 4.69) is 22.5 Å². The molecule has 1 saturated heterocycles. The lowest BCUT2D eigenvalue weighted by molar-refractivity contribution is -0.148. The molecule has 1 saturated carbocycles. The topological polar surface area (TPSA) is 121 Å². The minimum absolute atomic E-state index is 0.0298. The summed E-state index contributed by atoms with van der Waals surface area (Å²) in [4.78, 5) is 44.0.